The van der Waals surface area contributed by atoms with Crippen molar-refractivity contribution in [3.63, 3.8) is 0 Å². The molecule has 0 aromatic heterocycles. The van der Waals surface area contributed by atoms with Gasteiger partial charge in [0, 0.05) is 27.9 Å². The summed E-state index contributed by atoms with van der Waals surface area (Å²) in [5.74, 6) is 0. The zero-order valence-electron chi connectivity index (χ0n) is 9.87. The number of halogens is 1. The lowest BCUT2D eigenvalue weighted by molar-refractivity contribution is 0.112. The number of hydrogen-bond donors (Lipinski definition) is 0. The number of nitrogens with zero attached hydrogens (tertiary/aromatic N) is 1. The summed E-state index contributed by atoms with van der Waals surface area (Å²) in [5.41, 5.74) is 1.87. The number of benzene rings is 1. The normalized spacial score (nSPS) is 10.2. The van der Waals surface area contributed by atoms with Crippen molar-refractivity contribution in [2.45, 2.75) is 26.7 Å². The van der Waals surface area contributed by atoms with E-state index >= 15 is 0 Å². The van der Waals surface area contributed by atoms with Crippen molar-refractivity contribution in [1.29, 1.82) is 0 Å². The number of carbonyl (C=O) groups is 1. The Hall–Kier alpha value is -0.580. The molecule has 0 amide bonds. The van der Waals surface area contributed by atoms with Gasteiger partial charge in [-0.2, -0.15) is 0 Å². The molecule has 0 atom stereocenters. The van der Waals surface area contributed by atoms with Gasteiger partial charge >= 0.3 is 0 Å². The molecule has 0 fully saturated rings. The van der Waals surface area contributed by atoms with E-state index in [2.05, 4.69) is 47.4 Å². The summed E-state index contributed by atoms with van der Waals surface area (Å²) in [6.45, 7) is 6.35. The lowest BCUT2D eigenvalue weighted by Gasteiger charge is -2.25. The van der Waals surface area contributed by atoms with Crippen molar-refractivity contribution in [1.82, 2.24) is 0 Å². The summed E-state index contributed by atoms with van der Waals surface area (Å²) in [4.78, 5) is 13.3. The van der Waals surface area contributed by atoms with Gasteiger partial charge in [0.1, 0.15) is 0 Å². The first kappa shape index (κ1) is 13.5. The highest BCUT2D eigenvalue weighted by Crippen LogP contribution is 2.22. The quantitative estimate of drug-likeness (QED) is 0.585. The largest absolute Gasteiger partial charge is 0.371 e. The molecule has 88 valence electrons. The molecule has 16 heavy (non-hydrogen) atoms. The van der Waals surface area contributed by atoms with Crippen LogP contribution in [0.2, 0.25) is 0 Å². The first-order chi connectivity index (χ1) is 7.72. The van der Waals surface area contributed by atoms with Crippen molar-refractivity contribution in [3.05, 3.63) is 27.3 Å². The Morgan fingerprint density at radius 1 is 1.25 bits per heavy atom. The molecule has 2 nitrogen and oxygen atoms in total. The predicted octanol–water partition coefficient (Wildman–Crippen LogP) is 3.73. The third-order valence-corrected chi connectivity index (χ3v) is 3.12. The Morgan fingerprint density at radius 2 is 1.88 bits per heavy atom. The van der Waals surface area contributed by atoms with E-state index in [1.54, 1.807) is 0 Å². The van der Waals surface area contributed by atoms with Gasteiger partial charge in [-0.3, -0.25) is 4.79 Å². The third-order valence-electron chi connectivity index (χ3n) is 2.45. The second kappa shape index (κ2) is 6.89. The molecule has 1 aromatic carbocycles. The maximum absolute atomic E-state index is 11.0. The monoisotopic (exact) mass is 331 g/mol. The second-order valence-corrected chi connectivity index (χ2v) is 5.05. The minimum Gasteiger partial charge on any atom is -0.371 e. The Morgan fingerprint density at radius 3 is 2.38 bits per heavy atom. The molecule has 0 saturated carbocycles. The maximum atomic E-state index is 11.0. The molecular formula is C13H18INO. The number of aldehydes is 1. The predicted molar refractivity (Wildman–Crippen MR) is 77.3 cm³/mol. The van der Waals surface area contributed by atoms with E-state index in [-0.39, 0.29) is 0 Å². The van der Waals surface area contributed by atoms with Crippen molar-refractivity contribution < 1.29 is 4.79 Å². The molecule has 0 radical (unpaired) electrons. The van der Waals surface area contributed by atoms with E-state index in [1.165, 1.54) is 3.57 Å². The van der Waals surface area contributed by atoms with Gasteiger partial charge in [0.25, 0.3) is 0 Å². The highest BCUT2D eigenvalue weighted by Gasteiger charge is 2.09. The number of carbonyl (C=O) groups excluding carboxylic acids is 1. The molecule has 0 aliphatic rings. The third kappa shape index (κ3) is 3.47. The fourth-order valence-corrected chi connectivity index (χ4v) is 2.26. The molecule has 1 aromatic rings. The number of anilines is 1. The maximum Gasteiger partial charge on any atom is 0.152 e. The number of rotatable bonds is 6. The second-order valence-electron chi connectivity index (χ2n) is 3.81. The summed E-state index contributed by atoms with van der Waals surface area (Å²) in [5, 5.41) is 0. The van der Waals surface area contributed by atoms with Gasteiger partial charge in [0.05, 0.1) is 0 Å². The molecule has 0 spiro atoms. The average molecular weight is 331 g/mol. The van der Waals surface area contributed by atoms with Crippen LogP contribution in [-0.4, -0.2) is 19.4 Å². The van der Waals surface area contributed by atoms with Gasteiger partial charge in [-0.25, -0.2) is 0 Å². The molecule has 1 rings (SSSR count). The van der Waals surface area contributed by atoms with Crippen molar-refractivity contribution in [2.75, 3.05) is 18.0 Å². The van der Waals surface area contributed by atoms with Crippen LogP contribution in [0.4, 0.5) is 5.69 Å². The van der Waals surface area contributed by atoms with Gasteiger partial charge in [0.15, 0.2) is 6.29 Å². The molecule has 0 aliphatic heterocycles. The Bertz CT molecular complexity index is 346. The highest BCUT2D eigenvalue weighted by molar-refractivity contribution is 14.1. The van der Waals surface area contributed by atoms with Gasteiger partial charge in [-0.05, 0) is 53.6 Å². The molecule has 0 aliphatic carbocycles. The van der Waals surface area contributed by atoms with Crippen LogP contribution in [-0.2, 0) is 0 Å². The lowest BCUT2D eigenvalue weighted by atomic mass is 10.1. The molecule has 0 N–H and O–H groups in total. The fraction of sp³-hybridized carbons (Fsp3) is 0.462. The Balaban J connectivity index is 3.04. The van der Waals surface area contributed by atoms with E-state index in [0.29, 0.717) is 0 Å². The van der Waals surface area contributed by atoms with Crippen LogP contribution < -0.4 is 4.90 Å². The summed E-state index contributed by atoms with van der Waals surface area (Å²) in [6.07, 6.45) is 3.15. The van der Waals surface area contributed by atoms with E-state index in [0.717, 1.165) is 43.5 Å². The van der Waals surface area contributed by atoms with Crippen molar-refractivity contribution in [3.8, 4) is 0 Å². The topological polar surface area (TPSA) is 20.3 Å². The van der Waals surface area contributed by atoms with E-state index < -0.39 is 0 Å². The van der Waals surface area contributed by atoms with Crippen LogP contribution in [0, 0.1) is 3.57 Å². The van der Waals surface area contributed by atoms with Gasteiger partial charge in [-0.15, -0.1) is 0 Å². The van der Waals surface area contributed by atoms with Gasteiger partial charge in [-0.1, -0.05) is 13.8 Å². The fourth-order valence-electron chi connectivity index (χ4n) is 1.78. The van der Waals surface area contributed by atoms with Crippen LogP contribution in [0.5, 0.6) is 0 Å². The first-order valence-electron chi connectivity index (χ1n) is 5.72. The smallest absolute Gasteiger partial charge is 0.152 e. The van der Waals surface area contributed by atoms with Crippen LogP contribution in [0.3, 0.4) is 0 Å². The molecule has 0 bridgehead atoms. The van der Waals surface area contributed by atoms with Crippen molar-refractivity contribution in [2.24, 2.45) is 0 Å². The minimum absolute atomic E-state index is 0.794. The summed E-state index contributed by atoms with van der Waals surface area (Å²) in [6, 6.07) is 5.97. The summed E-state index contributed by atoms with van der Waals surface area (Å²) < 4.78 is 1.18. The highest BCUT2D eigenvalue weighted by atomic mass is 127. The molecule has 0 unspecified atom stereocenters. The zero-order chi connectivity index (χ0) is 12.0. The first-order valence-corrected chi connectivity index (χ1v) is 6.80. The average Bonchev–Trinajstić information content (AvgIpc) is 2.29. The van der Waals surface area contributed by atoms with Crippen LogP contribution in [0.1, 0.15) is 37.0 Å². The van der Waals surface area contributed by atoms with E-state index in [1.807, 2.05) is 12.1 Å². The Kier molecular flexibility index (Phi) is 5.80. The van der Waals surface area contributed by atoms with Crippen LogP contribution in [0.15, 0.2) is 18.2 Å². The van der Waals surface area contributed by atoms with E-state index in [4.69, 9.17) is 0 Å². The molecule has 3 heteroatoms. The van der Waals surface area contributed by atoms with Gasteiger partial charge in [0.2, 0.25) is 0 Å². The molecular weight excluding hydrogens is 313 g/mol. The lowest BCUT2D eigenvalue weighted by Crippen LogP contribution is -2.26. The van der Waals surface area contributed by atoms with Gasteiger partial charge < -0.3 is 4.90 Å². The minimum atomic E-state index is 0.794. The van der Waals surface area contributed by atoms with E-state index in [9.17, 15) is 4.79 Å². The van der Waals surface area contributed by atoms with Crippen LogP contribution in [0.25, 0.3) is 0 Å². The summed E-state index contributed by atoms with van der Waals surface area (Å²) in [7, 11) is 0. The standard InChI is InChI=1S/C13H18INO/c1-3-7-15(8-4-2)13-9-12(14)6-5-11(13)10-16/h5-6,9-10H,3-4,7-8H2,1-2H3. The number of hydrogen-bond acceptors (Lipinski definition) is 2. The van der Waals surface area contributed by atoms with Crippen molar-refractivity contribution >= 4 is 34.6 Å². The summed E-state index contributed by atoms with van der Waals surface area (Å²) >= 11 is 2.29. The molecule has 0 saturated heterocycles. The molecule has 0 heterocycles. The Labute approximate surface area is 111 Å². The van der Waals surface area contributed by atoms with Crippen LogP contribution >= 0.6 is 22.6 Å². The SMILES string of the molecule is CCCN(CCC)c1cc(I)ccc1C=O. The zero-order valence-corrected chi connectivity index (χ0v) is 12.0.